The number of hydrogen-bond acceptors (Lipinski definition) is 7. The highest BCUT2D eigenvalue weighted by Gasteiger charge is 2.63. The van der Waals surface area contributed by atoms with Gasteiger partial charge in [0, 0.05) is 23.4 Å². The summed E-state index contributed by atoms with van der Waals surface area (Å²) in [6.07, 6.45) is 7.02. The van der Waals surface area contributed by atoms with Crippen molar-refractivity contribution in [2.24, 2.45) is 11.1 Å². The molecule has 12 heteroatoms. The molecule has 3 N–H and O–H groups in total. The molecule has 0 bridgehead atoms. The second kappa shape index (κ2) is 11.8. The fourth-order valence-electron chi connectivity index (χ4n) is 6.23. The number of carboxylic acid groups (broad SMARTS) is 1. The zero-order chi connectivity index (χ0) is 31.0. The number of carboxylic acids is 1. The molecule has 5 rings (SSSR count). The van der Waals surface area contributed by atoms with Crippen LogP contribution in [0.3, 0.4) is 0 Å². The van der Waals surface area contributed by atoms with Crippen LogP contribution in [-0.2, 0) is 24.0 Å². The third-order valence-corrected chi connectivity index (χ3v) is 8.74. The lowest BCUT2D eigenvalue weighted by atomic mass is 9.91. The smallest absolute Gasteiger partial charge is 0.408 e. The number of rotatable bonds is 3. The van der Waals surface area contributed by atoms with Gasteiger partial charge in [-0.3, -0.25) is 9.59 Å². The number of alkyl carbamates (subject to hydrolysis) is 1. The van der Waals surface area contributed by atoms with Gasteiger partial charge in [0.2, 0.25) is 11.8 Å². The summed E-state index contributed by atoms with van der Waals surface area (Å²) in [6, 6.07) is 5.21. The Morgan fingerprint density at radius 1 is 1.21 bits per heavy atom. The predicted octanol–water partition coefficient (Wildman–Crippen LogP) is 4.18. The topological polar surface area (TPSA) is 147 Å². The molecule has 5 atom stereocenters. The minimum atomic E-state index is -1.39. The first kappa shape index (κ1) is 30.8. The average Bonchev–Trinajstić information content (AvgIpc) is 3.27. The molecule has 3 heterocycles. The minimum absolute atomic E-state index is 0.0367. The maximum atomic E-state index is 14.2. The largest absolute Gasteiger partial charge is 0.479 e. The van der Waals surface area contributed by atoms with Crippen molar-refractivity contribution in [2.45, 2.75) is 101 Å². The third-order valence-electron chi connectivity index (χ3n) is 8.51. The van der Waals surface area contributed by atoms with E-state index >= 15 is 0 Å². The number of nitrogens with one attached hydrogen (secondary N) is 2. The first-order valence-electron chi connectivity index (χ1n) is 14.8. The number of benzene rings is 1. The number of nitrogens with zero attached hydrogens (tertiary/aromatic N) is 2. The van der Waals surface area contributed by atoms with E-state index in [1.807, 2.05) is 18.2 Å². The number of halogens is 1. The van der Waals surface area contributed by atoms with Gasteiger partial charge in [0.1, 0.15) is 23.2 Å². The van der Waals surface area contributed by atoms with E-state index in [4.69, 9.17) is 21.2 Å². The second-order valence-electron chi connectivity index (χ2n) is 13.0. The van der Waals surface area contributed by atoms with Crippen molar-refractivity contribution in [1.29, 1.82) is 0 Å². The first-order chi connectivity index (χ1) is 20.3. The molecule has 232 valence electrons. The van der Waals surface area contributed by atoms with Crippen LogP contribution in [0.5, 0.6) is 0 Å². The van der Waals surface area contributed by atoms with Gasteiger partial charge in [-0.2, -0.15) is 0 Å². The van der Waals surface area contributed by atoms with Gasteiger partial charge < -0.3 is 30.2 Å². The van der Waals surface area contributed by atoms with Crippen LogP contribution >= 0.6 is 11.6 Å². The molecular formula is C31H39ClN4O7. The van der Waals surface area contributed by atoms with Gasteiger partial charge in [0.05, 0.1) is 12.3 Å². The number of fused-ring (bicyclic) bond motifs is 2. The lowest BCUT2D eigenvalue weighted by Crippen LogP contribution is -2.56. The molecule has 0 radical (unpaired) electrons. The van der Waals surface area contributed by atoms with Crippen LogP contribution in [-0.4, -0.2) is 75.0 Å². The number of hydrogen-bond donors (Lipinski definition) is 3. The van der Waals surface area contributed by atoms with Crippen molar-refractivity contribution in [2.75, 3.05) is 6.54 Å². The molecule has 2 fully saturated rings. The molecule has 0 aromatic heterocycles. The van der Waals surface area contributed by atoms with Crippen LogP contribution in [0.1, 0.15) is 77.7 Å². The number of carbonyl (C=O) groups is 4. The fraction of sp³-hybridized carbons (Fsp3) is 0.581. The molecule has 1 aromatic rings. The second-order valence-corrected chi connectivity index (χ2v) is 13.5. The zero-order valence-corrected chi connectivity index (χ0v) is 25.5. The van der Waals surface area contributed by atoms with Crippen LogP contribution in [0.2, 0.25) is 5.02 Å². The van der Waals surface area contributed by atoms with Crippen LogP contribution in [0, 0.1) is 5.92 Å². The van der Waals surface area contributed by atoms with E-state index in [9.17, 15) is 24.3 Å². The molecule has 1 spiro atoms. The van der Waals surface area contributed by atoms with Crippen LogP contribution in [0.15, 0.2) is 41.6 Å². The molecule has 11 nitrogen and oxygen atoms in total. The number of ether oxygens (including phenoxy) is 1. The molecule has 43 heavy (non-hydrogen) atoms. The van der Waals surface area contributed by atoms with Crippen molar-refractivity contribution in [3.8, 4) is 0 Å². The highest BCUT2D eigenvalue weighted by molar-refractivity contribution is 6.31. The Morgan fingerprint density at radius 2 is 2.00 bits per heavy atom. The molecule has 1 aromatic carbocycles. The molecule has 3 aliphatic heterocycles. The van der Waals surface area contributed by atoms with E-state index in [1.165, 1.54) is 4.90 Å². The molecule has 3 amide bonds. The van der Waals surface area contributed by atoms with Gasteiger partial charge in [0.25, 0.3) is 0 Å². The summed E-state index contributed by atoms with van der Waals surface area (Å²) in [7, 11) is 0. The number of allylic oxidation sites excluding steroid dienone is 2. The van der Waals surface area contributed by atoms with Crippen LogP contribution < -0.4 is 10.6 Å². The van der Waals surface area contributed by atoms with Crippen molar-refractivity contribution < 1.29 is 33.9 Å². The Kier molecular flexibility index (Phi) is 8.48. The summed E-state index contributed by atoms with van der Waals surface area (Å²) in [6.45, 7) is 5.25. The fourth-order valence-corrected chi connectivity index (χ4v) is 6.42. The van der Waals surface area contributed by atoms with Gasteiger partial charge >= 0.3 is 12.1 Å². The van der Waals surface area contributed by atoms with Gasteiger partial charge in [0.15, 0.2) is 5.60 Å². The molecular weight excluding hydrogens is 576 g/mol. The van der Waals surface area contributed by atoms with E-state index in [0.717, 1.165) is 18.4 Å². The Bertz CT molecular complexity index is 1360. The van der Waals surface area contributed by atoms with Gasteiger partial charge in [-0.25, -0.2) is 9.59 Å². The van der Waals surface area contributed by atoms with E-state index < -0.39 is 52.7 Å². The van der Waals surface area contributed by atoms with Gasteiger partial charge in [-0.05, 0) is 70.9 Å². The summed E-state index contributed by atoms with van der Waals surface area (Å²) in [5.74, 6) is -2.35. The Labute approximate surface area is 256 Å². The number of aliphatic carboxylic acids is 1. The maximum absolute atomic E-state index is 14.2. The summed E-state index contributed by atoms with van der Waals surface area (Å²) in [5.41, 5.74) is -1.75. The van der Waals surface area contributed by atoms with Crippen LogP contribution in [0.25, 0.3) is 0 Å². The maximum Gasteiger partial charge on any atom is 0.408 e. The number of amides is 3. The summed E-state index contributed by atoms with van der Waals surface area (Å²) < 4.78 is 5.44. The van der Waals surface area contributed by atoms with Crippen molar-refractivity contribution in [3.05, 3.63) is 47.0 Å². The monoisotopic (exact) mass is 614 g/mol. The minimum Gasteiger partial charge on any atom is -0.479 e. The van der Waals surface area contributed by atoms with Crippen LogP contribution in [0.4, 0.5) is 4.79 Å². The molecule has 0 unspecified atom stereocenters. The number of carbonyl (C=O) groups excluding carboxylic acids is 3. The Balaban J connectivity index is 1.44. The summed E-state index contributed by atoms with van der Waals surface area (Å²) >= 11 is 6.19. The van der Waals surface area contributed by atoms with Gasteiger partial charge in [-0.1, -0.05) is 47.5 Å². The van der Waals surface area contributed by atoms with E-state index in [-0.39, 0.29) is 18.9 Å². The highest BCUT2D eigenvalue weighted by Crippen LogP contribution is 2.47. The SMILES string of the molecule is CC(C)(C)OC(=O)N[C@H]1CCCC/C=C\C[C@@H]2C[C@@]2(C(=O)O)NC(=O)[C@@H]2C[C@@]3(CC(c4cccc(Cl)c4)=NO3)CN2C1=O. The van der Waals surface area contributed by atoms with E-state index in [0.29, 0.717) is 42.8 Å². The normalized spacial score (nSPS) is 31.9. The summed E-state index contributed by atoms with van der Waals surface area (Å²) in [4.78, 5) is 60.6. The Morgan fingerprint density at radius 3 is 2.72 bits per heavy atom. The molecule has 4 aliphatic rings. The Hall–Kier alpha value is -3.60. The zero-order valence-electron chi connectivity index (χ0n) is 24.7. The first-order valence-corrected chi connectivity index (χ1v) is 15.2. The standard InChI is InChI=1S/C31H39ClN4O7/c1-29(2,3)42-28(41)33-22-13-8-6-4-5-7-11-20-15-31(20,27(39)40)34-25(37)24-17-30(18-36(24)26(22)38)16-23(35-43-30)19-10-9-12-21(32)14-19/h5,7,9-10,12,14,20,22,24H,4,6,8,11,13,15-18H2,1-3H3,(H,33,41)(H,34,37)(H,39,40)/b7-5-/t20-,22+,24+,30+,31-/m1/s1. The van der Waals surface area contributed by atoms with Crippen molar-refractivity contribution >= 4 is 41.2 Å². The number of oxime groups is 1. The lowest BCUT2D eigenvalue weighted by Gasteiger charge is -2.30. The van der Waals surface area contributed by atoms with E-state index in [1.54, 1.807) is 39.0 Å². The average molecular weight is 615 g/mol. The van der Waals surface area contributed by atoms with Gasteiger partial charge in [-0.15, -0.1) is 0 Å². The third kappa shape index (κ3) is 6.82. The lowest BCUT2D eigenvalue weighted by molar-refractivity contribution is -0.146. The highest BCUT2D eigenvalue weighted by atomic mass is 35.5. The summed E-state index contributed by atoms with van der Waals surface area (Å²) in [5, 5.41) is 20.4. The van der Waals surface area contributed by atoms with E-state index in [2.05, 4.69) is 15.8 Å². The predicted molar refractivity (Wildman–Crippen MR) is 159 cm³/mol. The quantitative estimate of drug-likeness (QED) is 0.433. The molecule has 1 saturated heterocycles. The molecule has 1 aliphatic carbocycles. The van der Waals surface area contributed by atoms with Crippen molar-refractivity contribution in [3.63, 3.8) is 0 Å². The molecule has 1 saturated carbocycles. The van der Waals surface area contributed by atoms with Crippen molar-refractivity contribution in [1.82, 2.24) is 15.5 Å².